The molecule has 1 aromatic heterocycles. The molecule has 0 amide bonds. The van der Waals surface area contributed by atoms with Crippen molar-refractivity contribution < 1.29 is 4.79 Å². The van der Waals surface area contributed by atoms with Crippen LogP contribution in [0.4, 0.5) is 0 Å². The lowest BCUT2D eigenvalue weighted by molar-refractivity contribution is 0.0982. The van der Waals surface area contributed by atoms with Gasteiger partial charge in [0.2, 0.25) is 0 Å². The number of hydrogen-bond donors (Lipinski definition) is 0. The van der Waals surface area contributed by atoms with Gasteiger partial charge in [0.25, 0.3) is 0 Å². The number of carbonyl (C=O) groups is 1. The number of fused-ring (bicyclic) bond motifs is 1. The number of aryl methyl sites for hydroxylation is 2. The Balaban J connectivity index is 2.18. The average molecular weight is 205 g/mol. The molecule has 0 saturated carbocycles. The second-order valence-electron chi connectivity index (χ2n) is 4.42. The van der Waals surface area contributed by atoms with Crippen LogP contribution in [0.15, 0.2) is 12.4 Å². The maximum atomic E-state index is 11.8. The summed E-state index contributed by atoms with van der Waals surface area (Å²) in [5.74, 6) is 0.345. The number of ketones is 1. The summed E-state index contributed by atoms with van der Waals surface area (Å²) in [6.07, 6.45) is 10.7. The van der Waals surface area contributed by atoms with E-state index < -0.39 is 0 Å². The Bertz CT molecular complexity index is 351. The zero-order valence-corrected chi connectivity index (χ0v) is 9.46. The summed E-state index contributed by atoms with van der Waals surface area (Å²) in [7, 11) is 0. The fourth-order valence-corrected chi connectivity index (χ4v) is 2.21. The maximum Gasteiger partial charge on any atom is 0.164 e. The normalized spacial score (nSPS) is 16.2. The van der Waals surface area contributed by atoms with Gasteiger partial charge in [-0.05, 0) is 31.2 Å². The van der Waals surface area contributed by atoms with E-state index in [1.54, 1.807) is 0 Å². The van der Waals surface area contributed by atoms with Gasteiger partial charge in [-0.2, -0.15) is 0 Å². The lowest BCUT2D eigenvalue weighted by Crippen LogP contribution is -1.97. The third-order valence-corrected chi connectivity index (χ3v) is 3.13. The Labute approximate surface area is 91.3 Å². The van der Waals surface area contributed by atoms with Gasteiger partial charge >= 0.3 is 0 Å². The number of Topliss-reactive ketones (excluding diaryl/α,β-unsaturated/α-hetero) is 1. The van der Waals surface area contributed by atoms with Crippen molar-refractivity contribution in [1.29, 1.82) is 0 Å². The largest absolute Gasteiger partial charge is 0.353 e. The van der Waals surface area contributed by atoms with Gasteiger partial charge in [-0.25, -0.2) is 0 Å². The summed E-state index contributed by atoms with van der Waals surface area (Å²) in [4.78, 5) is 11.8. The predicted molar refractivity (Wildman–Crippen MR) is 61.2 cm³/mol. The van der Waals surface area contributed by atoms with E-state index in [0.29, 0.717) is 5.78 Å². The highest BCUT2D eigenvalue weighted by molar-refractivity contribution is 5.97. The standard InChI is InChI=1S/C13H19NO/c1-2-3-8-14-9-11-6-4-5-7-13(15)12(11)10-14/h9-10H,2-8H2,1H3. The summed E-state index contributed by atoms with van der Waals surface area (Å²) in [5.41, 5.74) is 2.26. The highest BCUT2D eigenvalue weighted by Crippen LogP contribution is 2.21. The summed E-state index contributed by atoms with van der Waals surface area (Å²) in [5, 5.41) is 0. The van der Waals surface area contributed by atoms with Crippen molar-refractivity contribution in [3.05, 3.63) is 23.5 Å². The van der Waals surface area contributed by atoms with Crippen molar-refractivity contribution in [1.82, 2.24) is 4.57 Å². The summed E-state index contributed by atoms with van der Waals surface area (Å²) < 4.78 is 2.19. The van der Waals surface area contributed by atoms with E-state index in [0.717, 1.165) is 37.8 Å². The van der Waals surface area contributed by atoms with Crippen LogP contribution in [-0.4, -0.2) is 10.4 Å². The van der Waals surface area contributed by atoms with Gasteiger partial charge in [-0.15, -0.1) is 0 Å². The molecule has 0 N–H and O–H groups in total. The van der Waals surface area contributed by atoms with E-state index in [9.17, 15) is 4.79 Å². The minimum Gasteiger partial charge on any atom is -0.353 e. The third kappa shape index (κ3) is 2.31. The van der Waals surface area contributed by atoms with Gasteiger partial charge in [-0.3, -0.25) is 4.79 Å². The molecule has 0 aromatic carbocycles. The first kappa shape index (κ1) is 10.5. The van der Waals surface area contributed by atoms with E-state index in [1.165, 1.54) is 18.4 Å². The van der Waals surface area contributed by atoms with E-state index in [4.69, 9.17) is 0 Å². The maximum absolute atomic E-state index is 11.8. The highest BCUT2D eigenvalue weighted by Gasteiger charge is 2.17. The van der Waals surface area contributed by atoms with Crippen molar-refractivity contribution in [2.75, 3.05) is 0 Å². The molecule has 2 rings (SSSR count). The van der Waals surface area contributed by atoms with Crippen LogP contribution in [0.5, 0.6) is 0 Å². The molecule has 0 bridgehead atoms. The fourth-order valence-electron chi connectivity index (χ4n) is 2.21. The average Bonchev–Trinajstić information content (AvgIpc) is 2.57. The van der Waals surface area contributed by atoms with E-state index in [2.05, 4.69) is 23.9 Å². The molecule has 1 aliphatic rings. The molecule has 0 fully saturated rings. The lowest BCUT2D eigenvalue weighted by atomic mass is 10.1. The molecule has 0 spiro atoms. The van der Waals surface area contributed by atoms with Crippen molar-refractivity contribution in [2.24, 2.45) is 0 Å². The molecule has 0 saturated heterocycles. The van der Waals surface area contributed by atoms with Crippen LogP contribution in [0.25, 0.3) is 0 Å². The Hall–Kier alpha value is -1.05. The van der Waals surface area contributed by atoms with Crippen LogP contribution >= 0.6 is 0 Å². The summed E-state index contributed by atoms with van der Waals surface area (Å²) in [6.45, 7) is 3.25. The van der Waals surface area contributed by atoms with Crippen molar-refractivity contribution >= 4 is 5.78 Å². The molecular formula is C13H19NO. The van der Waals surface area contributed by atoms with E-state index >= 15 is 0 Å². The van der Waals surface area contributed by atoms with Crippen LogP contribution in [-0.2, 0) is 13.0 Å². The van der Waals surface area contributed by atoms with Crippen molar-refractivity contribution in [3.63, 3.8) is 0 Å². The minimum absolute atomic E-state index is 0.345. The molecule has 15 heavy (non-hydrogen) atoms. The van der Waals surface area contributed by atoms with Crippen LogP contribution in [0.1, 0.15) is 54.9 Å². The minimum atomic E-state index is 0.345. The molecule has 0 atom stereocenters. The molecule has 2 heteroatoms. The second kappa shape index (κ2) is 4.65. The second-order valence-corrected chi connectivity index (χ2v) is 4.42. The quantitative estimate of drug-likeness (QED) is 0.694. The molecule has 0 unspecified atom stereocenters. The molecule has 2 nitrogen and oxygen atoms in total. The molecular weight excluding hydrogens is 186 g/mol. The van der Waals surface area contributed by atoms with Crippen LogP contribution in [0.2, 0.25) is 0 Å². The Morgan fingerprint density at radius 3 is 2.87 bits per heavy atom. The molecule has 1 aromatic rings. The van der Waals surface area contributed by atoms with Gasteiger partial charge in [-0.1, -0.05) is 13.3 Å². The molecule has 82 valence electrons. The van der Waals surface area contributed by atoms with Crippen molar-refractivity contribution in [3.8, 4) is 0 Å². The summed E-state index contributed by atoms with van der Waals surface area (Å²) >= 11 is 0. The number of carbonyl (C=O) groups excluding carboxylic acids is 1. The first-order valence-corrected chi connectivity index (χ1v) is 6.03. The van der Waals surface area contributed by atoms with Gasteiger partial charge in [0.05, 0.1) is 0 Å². The Kier molecular flexibility index (Phi) is 3.24. The van der Waals surface area contributed by atoms with E-state index in [1.807, 2.05) is 0 Å². The van der Waals surface area contributed by atoms with Crippen LogP contribution in [0, 0.1) is 0 Å². The predicted octanol–water partition coefficient (Wildman–Crippen LogP) is 3.20. The number of nitrogens with zero attached hydrogens (tertiary/aromatic N) is 1. The first-order chi connectivity index (χ1) is 7.31. The number of aromatic nitrogens is 1. The topological polar surface area (TPSA) is 22.0 Å². The molecule has 1 heterocycles. The van der Waals surface area contributed by atoms with Gasteiger partial charge < -0.3 is 4.57 Å². The molecule has 0 aliphatic heterocycles. The molecule has 1 aliphatic carbocycles. The lowest BCUT2D eigenvalue weighted by Gasteiger charge is -2.00. The third-order valence-electron chi connectivity index (χ3n) is 3.13. The van der Waals surface area contributed by atoms with Gasteiger partial charge in [0.15, 0.2) is 5.78 Å². The number of hydrogen-bond acceptors (Lipinski definition) is 1. The van der Waals surface area contributed by atoms with Crippen LogP contribution in [0.3, 0.4) is 0 Å². The zero-order valence-electron chi connectivity index (χ0n) is 9.46. The number of unbranched alkanes of at least 4 members (excludes halogenated alkanes) is 1. The Morgan fingerprint density at radius 1 is 1.27 bits per heavy atom. The van der Waals surface area contributed by atoms with Crippen LogP contribution < -0.4 is 0 Å². The molecule has 0 radical (unpaired) electrons. The highest BCUT2D eigenvalue weighted by atomic mass is 16.1. The Morgan fingerprint density at radius 2 is 2.07 bits per heavy atom. The first-order valence-electron chi connectivity index (χ1n) is 6.03. The zero-order chi connectivity index (χ0) is 10.7. The SMILES string of the molecule is CCCCn1cc2c(c1)C(=O)CCCC2. The van der Waals surface area contributed by atoms with Gasteiger partial charge in [0, 0.05) is 30.9 Å². The summed E-state index contributed by atoms with van der Waals surface area (Å²) in [6, 6.07) is 0. The van der Waals surface area contributed by atoms with Crippen molar-refractivity contribution in [2.45, 2.75) is 52.0 Å². The number of rotatable bonds is 3. The smallest absolute Gasteiger partial charge is 0.164 e. The van der Waals surface area contributed by atoms with E-state index in [-0.39, 0.29) is 0 Å². The fraction of sp³-hybridized carbons (Fsp3) is 0.615. The monoisotopic (exact) mass is 205 g/mol. The van der Waals surface area contributed by atoms with Gasteiger partial charge in [0.1, 0.15) is 0 Å².